The van der Waals surface area contributed by atoms with Crippen LogP contribution in [-0.4, -0.2) is 17.2 Å². The van der Waals surface area contributed by atoms with Crippen molar-refractivity contribution in [2.75, 3.05) is 0 Å². The molecule has 0 radical (unpaired) electrons. The highest BCUT2D eigenvalue weighted by Crippen LogP contribution is 2.53. The van der Waals surface area contributed by atoms with Crippen LogP contribution in [-0.2, 0) is 0 Å². The summed E-state index contributed by atoms with van der Waals surface area (Å²) in [5.41, 5.74) is 4.57. The second kappa shape index (κ2) is 3.96. The monoisotopic (exact) mass is 238 g/mol. The van der Waals surface area contributed by atoms with Crippen LogP contribution < -0.4 is 11.1 Å². The molecule has 0 spiro atoms. The number of nitrogens with two attached hydrogens (primary N) is 1. The fraction of sp³-hybridized carbons (Fsp3) is 0.917. The van der Waals surface area contributed by atoms with Gasteiger partial charge in [-0.25, -0.2) is 4.79 Å². The van der Waals surface area contributed by atoms with E-state index in [0.717, 1.165) is 25.7 Å². The molecule has 2 aliphatic carbocycles. The molecule has 0 aromatic carbocycles. The molecule has 96 valence electrons. The molecule has 17 heavy (non-hydrogen) atoms. The van der Waals surface area contributed by atoms with Crippen LogP contribution in [0.4, 0.5) is 4.79 Å². The van der Waals surface area contributed by atoms with Gasteiger partial charge in [-0.1, -0.05) is 0 Å². The molecule has 2 saturated carbocycles. The Bertz CT molecular complexity index is 325. The standard InChI is InChI=1S/C12H22N4O/c1-11(2,3)15-16-12(8-4-5-8,9-6-7-9)14-10(13)17/h8-9H,4-7H2,1-3H3,(H3,13,14,17). The van der Waals surface area contributed by atoms with E-state index >= 15 is 0 Å². The molecule has 0 aliphatic heterocycles. The van der Waals surface area contributed by atoms with Gasteiger partial charge in [-0.15, -0.1) is 0 Å². The minimum absolute atomic E-state index is 0.214. The Balaban J connectivity index is 2.21. The summed E-state index contributed by atoms with van der Waals surface area (Å²) in [6.07, 6.45) is 4.44. The van der Waals surface area contributed by atoms with E-state index in [2.05, 4.69) is 15.5 Å². The van der Waals surface area contributed by atoms with Gasteiger partial charge in [0.1, 0.15) is 0 Å². The maximum absolute atomic E-state index is 11.2. The molecule has 5 nitrogen and oxygen atoms in total. The average molecular weight is 238 g/mol. The molecular weight excluding hydrogens is 216 g/mol. The van der Waals surface area contributed by atoms with Crippen molar-refractivity contribution >= 4 is 6.03 Å². The van der Waals surface area contributed by atoms with E-state index in [4.69, 9.17) is 5.73 Å². The smallest absolute Gasteiger partial charge is 0.314 e. The lowest BCUT2D eigenvalue weighted by Gasteiger charge is -2.30. The summed E-state index contributed by atoms with van der Waals surface area (Å²) in [6, 6.07) is -0.489. The highest BCUT2D eigenvalue weighted by atomic mass is 16.2. The molecular formula is C12H22N4O. The summed E-state index contributed by atoms with van der Waals surface area (Å²) in [5.74, 6) is 0.849. The van der Waals surface area contributed by atoms with E-state index in [1.54, 1.807) is 0 Å². The van der Waals surface area contributed by atoms with Gasteiger partial charge in [0.05, 0.1) is 5.54 Å². The van der Waals surface area contributed by atoms with Crippen molar-refractivity contribution in [1.29, 1.82) is 0 Å². The van der Waals surface area contributed by atoms with E-state index in [9.17, 15) is 4.79 Å². The molecule has 0 aromatic heterocycles. The number of azo groups is 1. The number of hydrogen-bond acceptors (Lipinski definition) is 3. The maximum atomic E-state index is 11.2. The molecule has 2 amide bonds. The summed E-state index contributed by atoms with van der Waals surface area (Å²) in [4.78, 5) is 11.2. The van der Waals surface area contributed by atoms with Crippen LogP contribution in [0.25, 0.3) is 0 Å². The van der Waals surface area contributed by atoms with Crippen molar-refractivity contribution in [3.63, 3.8) is 0 Å². The molecule has 0 heterocycles. The highest BCUT2D eigenvalue weighted by Gasteiger charge is 2.56. The van der Waals surface area contributed by atoms with E-state index in [-0.39, 0.29) is 5.54 Å². The van der Waals surface area contributed by atoms with Crippen LogP contribution in [0.1, 0.15) is 46.5 Å². The highest BCUT2D eigenvalue weighted by molar-refractivity contribution is 5.72. The van der Waals surface area contributed by atoms with Gasteiger partial charge in [-0.3, -0.25) is 0 Å². The summed E-state index contributed by atoms with van der Waals surface area (Å²) >= 11 is 0. The second-order valence-electron chi connectivity index (χ2n) is 6.23. The number of nitrogens with zero attached hydrogens (tertiary/aromatic N) is 2. The first kappa shape index (κ1) is 12.3. The molecule has 0 unspecified atom stereocenters. The minimum atomic E-state index is -0.515. The summed E-state index contributed by atoms with van der Waals surface area (Å²) in [7, 11) is 0. The van der Waals surface area contributed by atoms with Crippen molar-refractivity contribution in [3.05, 3.63) is 0 Å². The number of urea groups is 1. The van der Waals surface area contributed by atoms with Gasteiger partial charge in [0.2, 0.25) is 0 Å². The SMILES string of the molecule is CC(C)(C)N=NC(NC(N)=O)(C1CC1)C1CC1. The summed E-state index contributed by atoms with van der Waals surface area (Å²) < 4.78 is 0. The van der Waals surface area contributed by atoms with E-state index < -0.39 is 11.7 Å². The largest absolute Gasteiger partial charge is 0.352 e. The van der Waals surface area contributed by atoms with Gasteiger partial charge in [0.15, 0.2) is 5.66 Å². The number of carbonyl (C=O) groups is 1. The average Bonchev–Trinajstić information content (AvgIpc) is 3.01. The fourth-order valence-corrected chi connectivity index (χ4v) is 2.20. The predicted octanol–water partition coefficient (Wildman–Crippen LogP) is 2.42. The topological polar surface area (TPSA) is 79.8 Å². The van der Waals surface area contributed by atoms with Crippen LogP contribution in [0.15, 0.2) is 10.2 Å². The van der Waals surface area contributed by atoms with Gasteiger partial charge in [0.25, 0.3) is 0 Å². The van der Waals surface area contributed by atoms with Gasteiger partial charge < -0.3 is 11.1 Å². The number of rotatable bonds is 4. The summed E-state index contributed by atoms with van der Waals surface area (Å²) in [5, 5.41) is 11.7. The van der Waals surface area contributed by atoms with Crippen molar-refractivity contribution in [3.8, 4) is 0 Å². The Morgan fingerprint density at radius 1 is 1.12 bits per heavy atom. The third kappa shape index (κ3) is 2.96. The van der Waals surface area contributed by atoms with Crippen LogP contribution in [0, 0.1) is 11.8 Å². The quantitative estimate of drug-likeness (QED) is 0.725. The van der Waals surface area contributed by atoms with E-state index in [1.807, 2.05) is 20.8 Å². The van der Waals surface area contributed by atoms with Crippen molar-refractivity contribution in [2.24, 2.45) is 27.8 Å². The number of carbonyl (C=O) groups excluding carboxylic acids is 1. The van der Waals surface area contributed by atoms with E-state index in [1.165, 1.54) is 0 Å². The lowest BCUT2D eigenvalue weighted by atomic mass is 9.99. The second-order valence-corrected chi connectivity index (χ2v) is 6.23. The number of hydrogen-bond donors (Lipinski definition) is 2. The van der Waals surface area contributed by atoms with Gasteiger partial charge >= 0.3 is 6.03 Å². The molecule has 0 aromatic rings. The molecule has 2 fully saturated rings. The van der Waals surface area contributed by atoms with Gasteiger partial charge in [-0.2, -0.15) is 10.2 Å². The van der Waals surface area contributed by atoms with Gasteiger partial charge in [-0.05, 0) is 46.5 Å². The number of primary amides is 1. The van der Waals surface area contributed by atoms with Crippen molar-refractivity contribution < 1.29 is 4.79 Å². The molecule has 0 bridgehead atoms. The number of amides is 2. The Labute approximate surface area is 102 Å². The minimum Gasteiger partial charge on any atom is -0.352 e. The Morgan fingerprint density at radius 2 is 1.59 bits per heavy atom. The van der Waals surface area contributed by atoms with Crippen LogP contribution in [0.3, 0.4) is 0 Å². The van der Waals surface area contributed by atoms with Crippen LogP contribution in [0.5, 0.6) is 0 Å². The summed E-state index contributed by atoms with van der Waals surface area (Å²) in [6.45, 7) is 6.02. The molecule has 3 N–H and O–H groups in total. The Kier molecular flexibility index (Phi) is 2.87. The third-order valence-electron chi connectivity index (χ3n) is 3.24. The van der Waals surface area contributed by atoms with Crippen LogP contribution >= 0.6 is 0 Å². The van der Waals surface area contributed by atoms with E-state index in [0.29, 0.717) is 11.8 Å². The zero-order chi connectivity index (χ0) is 12.7. The fourth-order valence-electron chi connectivity index (χ4n) is 2.20. The molecule has 0 saturated heterocycles. The Morgan fingerprint density at radius 3 is 1.88 bits per heavy atom. The number of nitrogens with one attached hydrogen (secondary N) is 1. The zero-order valence-electron chi connectivity index (χ0n) is 10.9. The first-order chi connectivity index (χ1) is 7.83. The molecule has 5 heteroatoms. The third-order valence-corrected chi connectivity index (χ3v) is 3.24. The Hall–Kier alpha value is -1.13. The van der Waals surface area contributed by atoms with Crippen molar-refractivity contribution in [1.82, 2.24) is 5.32 Å². The lowest BCUT2D eigenvalue weighted by molar-refractivity contribution is 0.208. The first-order valence-electron chi connectivity index (χ1n) is 6.35. The molecule has 2 aliphatic rings. The van der Waals surface area contributed by atoms with Crippen molar-refractivity contribution in [2.45, 2.75) is 57.7 Å². The zero-order valence-corrected chi connectivity index (χ0v) is 10.9. The normalized spacial score (nSPS) is 21.8. The molecule has 2 rings (SSSR count). The predicted molar refractivity (Wildman–Crippen MR) is 65.5 cm³/mol. The lowest BCUT2D eigenvalue weighted by Crippen LogP contribution is -2.52. The molecule has 0 atom stereocenters. The van der Waals surface area contributed by atoms with Crippen LogP contribution in [0.2, 0.25) is 0 Å². The maximum Gasteiger partial charge on any atom is 0.314 e. The first-order valence-corrected chi connectivity index (χ1v) is 6.35. The van der Waals surface area contributed by atoms with Gasteiger partial charge in [0, 0.05) is 11.8 Å².